The van der Waals surface area contributed by atoms with E-state index in [1.807, 2.05) is 12.2 Å². The van der Waals surface area contributed by atoms with Crippen LogP contribution in [0.25, 0.3) is 0 Å². The zero-order valence-corrected chi connectivity index (χ0v) is 29.8. The van der Waals surface area contributed by atoms with Crippen LogP contribution in [-0.2, 0) is 23.9 Å². The molecule has 0 amide bonds. The minimum absolute atomic E-state index is 0.000595. The Hall–Kier alpha value is -2.03. The van der Waals surface area contributed by atoms with Crippen molar-refractivity contribution in [1.29, 1.82) is 0 Å². The van der Waals surface area contributed by atoms with Gasteiger partial charge in [-0.25, -0.2) is 0 Å². The first-order valence-electron chi connectivity index (χ1n) is 19.0. The van der Waals surface area contributed by atoms with Gasteiger partial charge >= 0.3 is 11.9 Å². The molecule has 0 radical (unpaired) electrons. The van der Waals surface area contributed by atoms with Crippen LogP contribution in [0.15, 0.2) is 24.3 Å². The number of hydrogen-bond acceptors (Lipinski definition) is 8. The summed E-state index contributed by atoms with van der Waals surface area (Å²) in [5, 5.41) is 30.1. The lowest BCUT2D eigenvalue weighted by molar-refractivity contribution is -0.161. The van der Waals surface area contributed by atoms with E-state index in [-0.39, 0.29) is 37.1 Å². The molecule has 0 saturated heterocycles. The van der Waals surface area contributed by atoms with Gasteiger partial charge in [0.2, 0.25) is 0 Å². The molecular weight excluding hydrogens is 596 g/mol. The molecule has 3 N–H and O–H groups in total. The van der Waals surface area contributed by atoms with Crippen LogP contribution in [0.5, 0.6) is 0 Å². The molecule has 1 rings (SSSR count). The fourth-order valence-electron chi connectivity index (χ4n) is 6.12. The second-order valence-electron chi connectivity index (χ2n) is 13.4. The Bertz CT molecular complexity index is 869. The third-order valence-electron chi connectivity index (χ3n) is 9.12. The van der Waals surface area contributed by atoms with Gasteiger partial charge in [0.25, 0.3) is 0 Å². The summed E-state index contributed by atoms with van der Waals surface area (Å²) in [5.74, 6) is -1.41. The van der Waals surface area contributed by atoms with Crippen molar-refractivity contribution in [3.8, 4) is 0 Å². The van der Waals surface area contributed by atoms with Crippen molar-refractivity contribution < 1.29 is 39.2 Å². The summed E-state index contributed by atoms with van der Waals surface area (Å²) in [5.41, 5.74) is 0. The number of carbonyl (C=O) groups is 3. The molecule has 0 aromatic heterocycles. The molecule has 272 valence electrons. The van der Waals surface area contributed by atoms with Gasteiger partial charge in [0.1, 0.15) is 12.4 Å². The monoisotopic (exact) mass is 664 g/mol. The van der Waals surface area contributed by atoms with E-state index in [0.29, 0.717) is 32.1 Å². The smallest absolute Gasteiger partial charge is 0.306 e. The summed E-state index contributed by atoms with van der Waals surface area (Å²) < 4.78 is 10.5. The van der Waals surface area contributed by atoms with Crippen LogP contribution in [0.2, 0.25) is 0 Å². The summed E-state index contributed by atoms with van der Waals surface area (Å²) in [7, 11) is 0. The molecule has 0 heterocycles. The van der Waals surface area contributed by atoms with Crippen LogP contribution < -0.4 is 0 Å². The molecule has 0 spiro atoms. The van der Waals surface area contributed by atoms with E-state index in [9.17, 15) is 29.7 Å². The zero-order valence-electron chi connectivity index (χ0n) is 29.8. The van der Waals surface area contributed by atoms with Gasteiger partial charge in [0, 0.05) is 31.1 Å². The highest BCUT2D eigenvalue weighted by Crippen LogP contribution is 2.33. The molecule has 0 aromatic carbocycles. The summed E-state index contributed by atoms with van der Waals surface area (Å²) in [4.78, 5) is 36.7. The first-order chi connectivity index (χ1) is 22.8. The fourth-order valence-corrected chi connectivity index (χ4v) is 6.12. The van der Waals surface area contributed by atoms with Crippen molar-refractivity contribution in [2.75, 3.05) is 13.2 Å². The first-order valence-corrected chi connectivity index (χ1v) is 19.0. The Kier molecular flexibility index (Phi) is 26.5. The number of aliphatic hydroxyl groups excluding tert-OH is 3. The van der Waals surface area contributed by atoms with E-state index in [4.69, 9.17) is 9.47 Å². The number of ketones is 1. The normalized spacial score (nSPS) is 19.5. The SMILES string of the molecule is CCCCCCCCCCCCCCCC(=O)OC[C@H](CO)OC(=O)CCC/C=C\C[C@H]1[C@@H](O)CC(=O)[C@@H]1/C=C/[C@@H](O)CCCCC. The highest BCUT2D eigenvalue weighted by molar-refractivity contribution is 5.86. The molecule has 5 atom stereocenters. The molecule has 8 heteroatoms. The largest absolute Gasteiger partial charge is 0.462 e. The summed E-state index contributed by atoms with van der Waals surface area (Å²) in [6.07, 6.45) is 27.4. The minimum Gasteiger partial charge on any atom is -0.462 e. The van der Waals surface area contributed by atoms with Gasteiger partial charge in [-0.2, -0.15) is 0 Å². The van der Waals surface area contributed by atoms with Crippen molar-refractivity contribution in [2.45, 2.75) is 180 Å². The van der Waals surface area contributed by atoms with E-state index in [1.54, 1.807) is 12.2 Å². The Labute approximate surface area is 285 Å². The molecular formula is C39H68O8. The predicted molar refractivity (Wildman–Crippen MR) is 188 cm³/mol. The van der Waals surface area contributed by atoms with Gasteiger partial charge in [0.05, 0.1) is 18.8 Å². The number of unbranched alkanes of at least 4 members (excludes halogenated alkanes) is 15. The Balaban J connectivity index is 2.15. The predicted octanol–water partition coefficient (Wildman–Crippen LogP) is 8.10. The van der Waals surface area contributed by atoms with Crippen LogP contribution in [0.4, 0.5) is 0 Å². The lowest BCUT2D eigenvalue weighted by Gasteiger charge is -2.17. The van der Waals surface area contributed by atoms with Crippen LogP contribution >= 0.6 is 0 Å². The average Bonchev–Trinajstić information content (AvgIpc) is 3.32. The number of ether oxygens (including phenoxy) is 2. The van der Waals surface area contributed by atoms with E-state index >= 15 is 0 Å². The topological polar surface area (TPSA) is 130 Å². The maximum Gasteiger partial charge on any atom is 0.306 e. The summed E-state index contributed by atoms with van der Waals surface area (Å²) >= 11 is 0. The van der Waals surface area contributed by atoms with Gasteiger partial charge in [-0.1, -0.05) is 134 Å². The van der Waals surface area contributed by atoms with E-state index in [0.717, 1.165) is 38.5 Å². The van der Waals surface area contributed by atoms with Crippen molar-refractivity contribution in [3.05, 3.63) is 24.3 Å². The maximum atomic E-state index is 12.4. The Morgan fingerprint density at radius 2 is 1.38 bits per heavy atom. The van der Waals surface area contributed by atoms with Crippen LogP contribution in [-0.4, -0.2) is 64.6 Å². The number of esters is 2. The number of carbonyl (C=O) groups excluding carboxylic acids is 3. The minimum atomic E-state index is -0.870. The van der Waals surface area contributed by atoms with Crippen LogP contribution in [0, 0.1) is 11.8 Å². The number of Topliss-reactive ketones (excluding diaryl/α,β-unsaturated/α-hetero) is 1. The molecule has 1 aliphatic rings. The molecule has 1 saturated carbocycles. The summed E-state index contributed by atoms with van der Waals surface area (Å²) in [6.45, 7) is 3.80. The fraction of sp³-hybridized carbons (Fsp3) is 0.821. The summed E-state index contributed by atoms with van der Waals surface area (Å²) in [6, 6.07) is 0. The molecule has 47 heavy (non-hydrogen) atoms. The van der Waals surface area contributed by atoms with Crippen molar-refractivity contribution in [2.24, 2.45) is 11.8 Å². The van der Waals surface area contributed by atoms with Gasteiger partial charge in [-0.3, -0.25) is 14.4 Å². The van der Waals surface area contributed by atoms with Crippen molar-refractivity contribution >= 4 is 17.7 Å². The lowest BCUT2D eigenvalue weighted by Crippen LogP contribution is -2.28. The Morgan fingerprint density at radius 1 is 0.809 bits per heavy atom. The molecule has 1 aliphatic carbocycles. The number of rotatable bonds is 30. The Morgan fingerprint density at radius 3 is 2.00 bits per heavy atom. The average molecular weight is 665 g/mol. The first kappa shape index (κ1) is 43.0. The number of allylic oxidation sites excluding steroid dienone is 3. The third-order valence-corrected chi connectivity index (χ3v) is 9.12. The standard InChI is InChI=1S/C39H68O8/c1-3-5-7-8-9-10-11-12-13-14-15-16-21-25-38(44)46-31-33(30-40)47-39(45)26-22-18-17-20-24-34-35(37(43)29-36(34)42)28-27-32(41)23-19-6-4-2/h17,20,27-28,32-36,40-42H,3-16,18-19,21-26,29-31H2,1-2H3/b20-17-,28-27+/t32-,33-,34+,35+,36-/m0/s1. The molecule has 8 nitrogen and oxygen atoms in total. The van der Waals surface area contributed by atoms with Crippen LogP contribution in [0.3, 0.4) is 0 Å². The van der Waals surface area contributed by atoms with Crippen LogP contribution in [0.1, 0.15) is 162 Å². The van der Waals surface area contributed by atoms with Gasteiger partial charge < -0.3 is 24.8 Å². The highest BCUT2D eigenvalue weighted by atomic mass is 16.6. The maximum absolute atomic E-state index is 12.4. The number of hydrogen-bond donors (Lipinski definition) is 3. The van der Waals surface area contributed by atoms with Gasteiger partial charge in [-0.05, 0) is 32.1 Å². The van der Waals surface area contributed by atoms with Crippen molar-refractivity contribution in [3.63, 3.8) is 0 Å². The van der Waals surface area contributed by atoms with Crippen molar-refractivity contribution in [1.82, 2.24) is 0 Å². The van der Waals surface area contributed by atoms with E-state index in [2.05, 4.69) is 13.8 Å². The lowest BCUT2D eigenvalue weighted by atomic mass is 9.90. The molecule has 0 aliphatic heterocycles. The van der Waals surface area contributed by atoms with Gasteiger partial charge in [0.15, 0.2) is 6.10 Å². The van der Waals surface area contributed by atoms with Gasteiger partial charge in [-0.15, -0.1) is 0 Å². The quantitative estimate of drug-likeness (QED) is 0.0399. The molecule has 0 bridgehead atoms. The third kappa shape index (κ3) is 22.3. The molecule has 0 unspecified atom stereocenters. The van der Waals surface area contributed by atoms with E-state index < -0.39 is 36.8 Å². The zero-order chi connectivity index (χ0) is 34.5. The highest BCUT2D eigenvalue weighted by Gasteiger charge is 2.39. The molecule has 0 aromatic rings. The second kappa shape index (κ2) is 28.9. The van der Waals surface area contributed by atoms with E-state index in [1.165, 1.54) is 64.2 Å². The number of aliphatic hydroxyl groups is 3. The molecule has 1 fully saturated rings. The second-order valence-corrected chi connectivity index (χ2v) is 13.4.